The van der Waals surface area contributed by atoms with Crippen molar-refractivity contribution in [2.45, 2.75) is 26.9 Å². The zero-order chi connectivity index (χ0) is 26.1. The second kappa shape index (κ2) is 9.89. The fraction of sp³-hybridized carbons (Fsp3) is 0.241. The molecule has 5 rings (SSSR count). The molecule has 37 heavy (non-hydrogen) atoms. The summed E-state index contributed by atoms with van der Waals surface area (Å²) in [6, 6.07) is 13.9. The number of fused-ring (bicyclic) bond motifs is 1. The van der Waals surface area contributed by atoms with Gasteiger partial charge in [-0.15, -0.1) is 0 Å². The third kappa shape index (κ3) is 4.46. The van der Waals surface area contributed by atoms with E-state index in [2.05, 4.69) is 36.6 Å². The topological polar surface area (TPSA) is 70.8 Å². The molecule has 8 nitrogen and oxygen atoms in total. The molecular weight excluding hydrogens is 468 g/mol. The van der Waals surface area contributed by atoms with E-state index in [0.29, 0.717) is 30.3 Å². The Morgan fingerprint density at radius 1 is 0.919 bits per heavy atom. The summed E-state index contributed by atoms with van der Waals surface area (Å²) in [5.74, 6) is 2.44. The van der Waals surface area contributed by atoms with Crippen LogP contribution in [-0.2, 0) is 17.9 Å². The second-order valence-electron chi connectivity index (χ2n) is 9.01. The molecule has 0 aliphatic carbocycles. The number of rotatable bonds is 7. The van der Waals surface area contributed by atoms with E-state index in [1.54, 1.807) is 38.4 Å². The largest absolute Gasteiger partial charge is 0.493 e. The molecule has 0 radical (unpaired) electrons. The van der Waals surface area contributed by atoms with Crippen LogP contribution in [0.2, 0.25) is 0 Å². The van der Waals surface area contributed by atoms with Crippen LogP contribution in [0.3, 0.4) is 0 Å². The third-order valence-electron chi connectivity index (χ3n) is 6.73. The van der Waals surface area contributed by atoms with Crippen molar-refractivity contribution in [2.24, 2.45) is 0 Å². The van der Waals surface area contributed by atoms with Gasteiger partial charge < -0.3 is 23.7 Å². The van der Waals surface area contributed by atoms with Gasteiger partial charge in [-0.2, -0.15) is 5.10 Å². The van der Waals surface area contributed by atoms with Crippen LogP contribution in [0.1, 0.15) is 27.9 Å². The Kier molecular flexibility index (Phi) is 6.48. The van der Waals surface area contributed by atoms with Gasteiger partial charge in [-0.3, -0.25) is 4.79 Å². The number of aryl methyl sites for hydroxylation is 2. The van der Waals surface area contributed by atoms with Gasteiger partial charge in [0.25, 0.3) is 0 Å². The number of amides is 1. The molecule has 0 bridgehead atoms. The Bertz CT molecular complexity index is 1460. The lowest BCUT2D eigenvalue weighted by atomic mass is 10.1. The molecular formula is C29H30N4O4. The van der Waals surface area contributed by atoms with Gasteiger partial charge in [-0.1, -0.05) is 6.07 Å². The number of benzene rings is 2. The Labute approximate surface area is 216 Å². The molecule has 3 heterocycles. The highest BCUT2D eigenvalue weighted by Crippen LogP contribution is 2.38. The number of methoxy groups -OCH3 is 3. The summed E-state index contributed by atoms with van der Waals surface area (Å²) in [7, 11) is 4.69. The van der Waals surface area contributed by atoms with E-state index in [-0.39, 0.29) is 5.91 Å². The van der Waals surface area contributed by atoms with Gasteiger partial charge in [0.1, 0.15) is 5.82 Å². The summed E-state index contributed by atoms with van der Waals surface area (Å²) in [6.07, 6.45) is 7.33. The maximum Gasteiger partial charge on any atom is 0.247 e. The minimum atomic E-state index is -0.0945. The fourth-order valence-corrected chi connectivity index (χ4v) is 4.61. The molecule has 0 atom stereocenters. The Balaban J connectivity index is 1.42. The number of aromatic nitrogens is 3. The third-order valence-corrected chi connectivity index (χ3v) is 6.73. The zero-order valence-electron chi connectivity index (χ0n) is 21.7. The number of hydrogen-bond donors (Lipinski definition) is 0. The minimum absolute atomic E-state index is 0.0945. The second-order valence-corrected chi connectivity index (χ2v) is 9.01. The molecule has 0 fully saturated rings. The predicted octanol–water partition coefficient (Wildman–Crippen LogP) is 4.86. The summed E-state index contributed by atoms with van der Waals surface area (Å²) >= 11 is 0. The van der Waals surface area contributed by atoms with Crippen molar-refractivity contribution in [1.82, 2.24) is 19.2 Å². The zero-order valence-corrected chi connectivity index (χ0v) is 21.7. The van der Waals surface area contributed by atoms with Crippen molar-refractivity contribution in [2.75, 3.05) is 21.3 Å². The molecule has 1 aliphatic rings. The van der Waals surface area contributed by atoms with Crippen LogP contribution in [0.4, 0.5) is 0 Å². The molecule has 0 saturated heterocycles. The minimum Gasteiger partial charge on any atom is -0.493 e. The van der Waals surface area contributed by atoms with Crippen molar-refractivity contribution in [3.8, 4) is 28.8 Å². The lowest BCUT2D eigenvalue weighted by molar-refractivity contribution is -0.126. The molecule has 4 aromatic rings. The highest BCUT2D eigenvalue weighted by atomic mass is 16.5. The van der Waals surface area contributed by atoms with Gasteiger partial charge in [0.2, 0.25) is 11.7 Å². The number of carbonyl (C=O) groups is 1. The van der Waals surface area contributed by atoms with Gasteiger partial charge in [0.15, 0.2) is 11.5 Å². The van der Waals surface area contributed by atoms with E-state index in [1.165, 1.54) is 11.1 Å². The average molecular weight is 499 g/mol. The fourth-order valence-electron chi connectivity index (χ4n) is 4.61. The summed E-state index contributed by atoms with van der Waals surface area (Å²) in [5, 5.41) is 4.93. The van der Waals surface area contributed by atoms with Gasteiger partial charge in [-0.25, -0.2) is 4.68 Å². The van der Waals surface area contributed by atoms with E-state index in [1.807, 2.05) is 41.3 Å². The van der Waals surface area contributed by atoms with Crippen LogP contribution in [0.15, 0.2) is 60.9 Å². The smallest absolute Gasteiger partial charge is 0.247 e. The van der Waals surface area contributed by atoms with Gasteiger partial charge in [0, 0.05) is 24.0 Å². The molecule has 2 aromatic heterocycles. The van der Waals surface area contributed by atoms with E-state index in [4.69, 9.17) is 19.3 Å². The van der Waals surface area contributed by atoms with Crippen LogP contribution in [0.25, 0.3) is 17.6 Å². The highest BCUT2D eigenvalue weighted by Gasteiger charge is 2.30. The molecule has 1 aliphatic heterocycles. The SMILES string of the molecule is COc1cc(C=CC(=O)N2Cc3nn(-c4ccc(C)c(C)c4)c(-n4cccc4)c3C2)cc(OC)c1OC. The Hall–Kier alpha value is -4.46. The first-order valence-electron chi connectivity index (χ1n) is 12.0. The van der Waals surface area contributed by atoms with E-state index in [0.717, 1.165) is 28.3 Å². The molecule has 2 aromatic carbocycles. The number of carbonyl (C=O) groups excluding carboxylic acids is 1. The Morgan fingerprint density at radius 2 is 1.62 bits per heavy atom. The average Bonchev–Trinajstić information content (AvgIpc) is 3.64. The maximum absolute atomic E-state index is 13.2. The van der Waals surface area contributed by atoms with Crippen molar-refractivity contribution in [3.63, 3.8) is 0 Å². The monoisotopic (exact) mass is 498 g/mol. The van der Waals surface area contributed by atoms with Crippen LogP contribution in [0, 0.1) is 13.8 Å². The van der Waals surface area contributed by atoms with Crippen LogP contribution < -0.4 is 14.2 Å². The lowest BCUT2D eigenvalue weighted by Gasteiger charge is -2.16. The summed E-state index contributed by atoms with van der Waals surface area (Å²) in [5.41, 5.74) is 6.16. The van der Waals surface area contributed by atoms with Crippen molar-refractivity contribution in [3.05, 3.63) is 88.9 Å². The molecule has 0 unspecified atom stereocenters. The first kappa shape index (κ1) is 24.2. The molecule has 0 spiro atoms. The molecule has 0 N–H and O–H groups in total. The first-order valence-corrected chi connectivity index (χ1v) is 12.0. The summed E-state index contributed by atoms with van der Waals surface area (Å²) in [6.45, 7) is 5.13. The van der Waals surface area contributed by atoms with Gasteiger partial charge in [0.05, 0.1) is 45.8 Å². The van der Waals surface area contributed by atoms with E-state index >= 15 is 0 Å². The van der Waals surface area contributed by atoms with Gasteiger partial charge >= 0.3 is 0 Å². The normalized spacial score (nSPS) is 12.7. The van der Waals surface area contributed by atoms with E-state index < -0.39 is 0 Å². The number of hydrogen-bond acceptors (Lipinski definition) is 5. The van der Waals surface area contributed by atoms with Crippen LogP contribution >= 0.6 is 0 Å². The first-order chi connectivity index (χ1) is 17.9. The number of ether oxygens (including phenoxy) is 3. The van der Waals surface area contributed by atoms with Crippen molar-refractivity contribution < 1.29 is 19.0 Å². The quantitative estimate of drug-likeness (QED) is 0.340. The highest BCUT2D eigenvalue weighted by molar-refractivity contribution is 5.92. The molecule has 8 heteroatoms. The molecule has 0 saturated carbocycles. The molecule has 190 valence electrons. The van der Waals surface area contributed by atoms with E-state index in [9.17, 15) is 4.79 Å². The summed E-state index contributed by atoms with van der Waals surface area (Å²) < 4.78 is 20.3. The van der Waals surface area contributed by atoms with Crippen molar-refractivity contribution in [1.29, 1.82) is 0 Å². The van der Waals surface area contributed by atoms with Crippen molar-refractivity contribution >= 4 is 12.0 Å². The lowest BCUT2D eigenvalue weighted by Crippen LogP contribution is -2.24. The van der Waals surface area contributed by atoms with Gasteiger partial charge in [-0.05, 0) is 73.0 Å². The predicted molar refractivity (Wildman–Crippen MR) is 142 cm³/mol. The molecule has 1 amide bonds. The standard InChI is InChI=1S/C29H30N4O4/c1-19-8-10-22(14-20(19)2)33-29(31-12-6-7-13-31)23-17-32(18-24(23)30-33)27(34)11-9-21-15-25(35-3)28(37-5)26(16-21)36-4/h6-16H,17-18H2,1-5H3. The number of nitrogens with zero attached hydrogens (tertiary/aromatic N) is 4. The summed E-state index contributed by atoms with van der Waals surface area (Å²) in [4.78, 5) is 15.0. The van der Waals surface area contributed by atoms with Crippen LogP contribution in [-0.4, -0.2) is 46.5 Å². The Morgan fingerprint density at radius 3 is 2.24 bits per heavy atom. The van der Waals surface area contributed by atoms with Crippen LogP contribution in [0.5, 0.6) is 17.2 Å². The maximum atomic E-state index is 13.2.